The van der Waals surface area contributed by atoms with Gasteiger partial charge in [0.15, 0.2) is 0 Å². The zero-order valence-corrected chi connectivity index (χ0v) is 9.61. The Kier molecular flexibility index (Phi) is 2.28. The minimum absolute atomic E-state index is 0.763. The summed E-state index contributed by atoms with van der Waals surface area (Å²) in [6.07, 6.45) is 7.03. The van der Waals surface area contributed by atoms with E-state index in [-0.39, 0.29) is 0 Å². The number of hydrogen-bond donors (Lipinski definition) is 0. The molecule has 16 heavy (non-hydrogen) atoms. The topological polar surface area (TPSA) is 0 Å². The Labute approximate surface area is 96.6 Å². The summed E-state index contributed by atoms with van der Waals surface area (Å²) in [5.74, 6) is 0.763. The number of benzene rings is 2. The number of allylic oxidation sites excluding steroid dienone is 1. The molecule has 0 aliphatic heterocycles. The first-order chi connectivity index (χ1) is 7.84. The number of hydrogen-bond acceptors (Lipinski definition) is 0. The van der Waals surface area contributed by atoms with Gasteiger partial charge in [0.05, 0.1) is 0 Å². The monoisotopic (exact) mass is 208 g/mol. The lowest BCUT2D eigenvalue weighted by atomic mass is 9.94. The van der Waals surface area contributed by atoms with Gasteiger partial charge in [0, 0.05) is 0 Å². The van der Waals surface area contributed by atoms with Crippen molar-refractivity contribution in [2.45, 2.75) is 19.8 Å². The van der Waals surface area contributed by atoms with Crippen molar-refractivity contribution < 1.29 is 0 Å². The Morgan fingerprint density at radius 3 is 2.88 bits per heavy atom. The number of fused-ring (bicyclic) bond motifs is 3. The molecule has 0 heterocycles. The standard InChI is InChI=1S/C16H16/c1-12-5-4-8-16-14(11-12)10-9-13-6-2-3-7-15(13)16/h2-4,6-10,12H,5,11H2,1H3. The Hall–Kier alpha value is -1.56. The van der Waals surface area contributed by atoms with Gasteiger partial charge >= 0.3 is 0 Å². The molecule has 1 aliphatic carbocycles. The molecule has 0 radical (unpaired) electrons. The van der Waals surface area contributed by atoms with Crippen molar-refractivity contribution in [3.63, 3.8) is 0 Å². The van der Waals surface area contributed by atoms with Gasteiger partial charge in [-0.05, 0) is 40.7 Å². The van der Waals surface area contributed by atoms with E-state index in [9.17, 15) is 0 Å². The van der Waals surface area contributed by atoms with Crippen molar-refractivity contribution >= 4 is 16.8 Å². The van der Waals surface area contributed by atoms with E-state index in [2.05, 4.69) is 55.5 Å². The predicted molar refractivity (Wildman–Crippen MR) is 70.5 cm³/mol. The number of rotatable bonds is 0. The molecule has 0 spiro atoms. The van der Waals surface area contributed by atoms with Crippen LogP contribution in [0.4, 0.5) is 0 Å². The second-order valence-corrected chi connectivity index (χ2v) is 4.81. The molecule has 80 valence electrons. The first-order valence-corrected chi connectivity index (χ1v) is 6.02. The van der Waals surface area contributed by atoms with Gasteiger partial charge in [0.25, 0.3) is 0 Å². The van der Waals surface area contributed by atoms with Gasteiger partial charge in [-0.3, -0.25) is 0 Å². The molecule has 1 atom stereocenters. The van der Waals surface area contributed by atoms with Gasteiger partial charge in [-0.25, -0.2) is 0 Å². The fraction of sp³-hybridized carbons (Fsp3) is 0.250. The molecule has 0 bridgehead atoms. The Bertz CT molecular complexity index is 549. The second kappa shape index (κ2) is 3.79. The molecule has 0 N–H and O–H groups in total. The summed E-state index contributed by atoms with van der Waals surface area (Å²) < 4.78 is 0. The summed E-state index contributed by atoms with van der Waals surface area (Å²) in [5, 5.41) is 2.74. The van der Waals surface area contributed by atoms with Crippen LogP contribution >= 0.6 is 0 Å². The molecule has 1 aliphatic rings. The van der Waals surface area contributed by atoms with Gasteiger partial charge in [0.2, 0.25) is 0 Å². The Morgan fingerprint density at radius 2 is 1.94 bits per heavy atom. The van der Waals surface area contributed by atoms with E-state index in [1.54, 1.807) is 0 Å². The summed E-state index contributed by atoms with van der Waals surface area (Å²) in [6.45, 7) is 2.33. The van der Waals surface area contributed by atoms with Gasteiger partial charge in [0.1, 0.15) is 0 Å². The van der Waals surface area contributed by atoms with Crippen molar-refractivity contribution in [2.75, 3.05) is 0 Å². The minimum atomic E-state index is 0.763. The molecule has 0 saturated carbocycles. The summed E-state index contributed by atoms with van der Waals surface area (Å²) in [4.78, 5) is 0. The molecule has 2 aromatic carbocycles. The Morgan fingerprint density at radius 1 is 1.06 bits per heavy atom. The van der Waals surface area contributed by atoms with Crippen LogP contribution in [0.3, 0.4) is 0 Å². The van der Waals surface area contributed by atoms with Gasteiger partial charge in [-0.1, -0.05) is 55.5 Å². The highest BCUT2D eigenvalue weighted by Crippen LogP contribution is 2.29. The molecule has 0 aromatic heterocycles. The fourth-order valence-electron chi connectivity index (χ4n) is 2.59. The fourth-order valence-corrected chi connectivity index (χ4v) is 2.59. The molecule has 1 unspecified atom stereocenters. The molecule has 0 nitrogen and oxygen atoms in total. The van der Waals surface area contributed by atoms with E-state index >= 15 is 0 Å². The van der Waals surface area contributed by atoms with Gasteiger partial charge in [-0.2, -0.15) is 0 Å². The molecule has 0 heteroatoms. The summed E-state index contributed by atoms with van der Waals surface area (Å²) in [5.41, 5.74) is 2.93. The van der Waals surface area contributed by atoms with Crippen LogP contribution in [0, 0.1) is 5.92 Å². The zero-order valence-electron chi connectivity index (χ0n) is 9.61. The van der Waals surface area contributed by atoms with Crippen molar-refractivity contribution in [3.8, 4) is 0 Å². The van der Waals surface area contributed by atoms with Crippen LogP contribution in [0.5, 0.6) is 0 Å². The Balaban J connectivity index is 2.29. The van der Waals surface area contributed by atoms with Crippen LogP contribution in [0.15, 0.2) is 42.5 Å². The molecule has 3 rings (SSSR count). The summed E-state index contributed by atoms with van der Waals surface area (Å²) >= 11 is 0. The van der Waals surface area contributed by atoms with Gasteiger partial charge in [-0.15, -0.1) is 0 Å². The lowest BCUT2D eigenvalue weighted by molar-refractivity contribution is 0.594. The smallest absolute Gasteiger partial charge is 0.0109 e. The third-order valence-electron chi connectivity index (χ3n) is 3.45. The van der Waals surface area contributed by atoms with E-state index in [0.717, 1.165) is 5.92 Å². The maximum Gasteiger partial charge on any atom is -0.0109 e. The SMILES string of the molecule is CC1CC=Cc2c(ccc3ccccc23)C1. The minimum Gasteiger partial charge on any atom is -0.0836 e. The maximum atomic E-state index is 2.33. The van der Waals surface area contributed by atoms with Gasteiger partial charge < -0.3 is 0 Å². The van der Waals surface area contributed by atoms with Crippen molar-refractivity contribution in [3.05, 3.63) is 53.6 Å². The van der Waals surface area contributed by atoms with Crippen molar-refractivity contribution in [1.29, 1.82) is 0 Å². The average Bonchev–Trinajstić information content (AvgIpc) is 2.50. The van der Waals surface area contributed by atoms with E-state index < -0.39 is 0 Å². The van der Waals surface area contributed by atoms with Crippen LogP contribution in [-0.2, 0) is 6.42 Å². The van der Waals surface area contributed by atoms with Crippen LogP contribution in [0.1, 0.15) is 24.5 Å². The molecule has 2 aromatic rings. The highest BCUT2D eigenvalue weighted by molar-refractivity contribution is 5.92. The first-order valence-electron chi connectivity index (χ1n) is 6.02. The normalized spacial score (nSPS) is 19.4. The van der Waals surface area contributed by atoms with Crippen LogP contribution in [0.2, 0.25) is 0 Å². The second-order valence-electron chi connectivity index (χ2n) is 4.81. The van der Waals surface area contributed by atoms with Crippen molar-refractivity contribution in [2.24, 2.45) is 5.92 Å². The third-order valence-corrected chi connectivity index (χ3v) is 3.45. The molecular formula is C16H16. The zero-order chi connectivity index (χ0) is 11.0. The first kappa shape index (κ1) is 9.65. The largest absolute Gasteiger partial charge is 0.0836 e. The van der Waals surface area contributed by atoms with E-state index in [1.165, 1.54) is 34.7 Å². The van der Waals surface area contributed by atoms with Crippen molar-refractivity contribution in [1.82, 2.24) is 0 Å². The van der Waals surface area contributed by atoms with E-state index in [1.807, 2.05) is 0 Å². The lowest BCUT2D eigenvalue weighted by Crippen LogP contribution is -1.98. The van der Waals surface area contributed by atoms with Crippen LogP contribution in [-0.4, -0.2) is 0 Å². The van der Waals surface area contributed by atoms with Crippen LogP contribution in [0.25, 0.3) is 16.8 Å². The predicted octanol–water partition coefficient (Wildman–Crippen LogP) is 4.44. The summed E-state index contributed by atoms with van der Waals surface area (Å²) in [6, 6.07) is 13.2. The molecular weight excluding hydrogens is 192 g/mol. The quantitative estimate of drug-likeness (QED) is 0.600. The van der Waals surface area contributed by atoms with E-state index in [4.69, 9.17) is 0 Å². The average molecular weight is 208 g/mol. The highest BCUT2D eigenvalue weighted by atomic mass is 14.2. The molecule has 0 saturated heterocycles. The maximum absolute atomic E-state index is 2.33. The lowest BCUT2D eigenvalue weighted by Gasteiger charge is -2.10. The van der Waals surface area contributed by atoms with E-state index in [0.29, 0.717) is 0 Å². The van der Waals surface area contributed by atoms with Crippen LogP contribution < -0.4 is 0 Å². The highest BCUT2D eigenvalue weighted by Gasteiger charge is 2.11. The molecule has 0 amide bonds. The summed E-state index contributed by atoms with van der Waals surface area (Å²) in [7, 11) is 0. The molecule has 0 fully saturated rings. The third kappa shape index (κ3) is 1.55.